The van der Waals surface area contributed by atoms with Crippen molar-refractivity contribution < 1.29 is 4.79 Å². The molecule has 1 fully saturated rings. The van der Waals surface area contributed by atoms with Crippen LogP contribution in [0.25, 0.3) is 0 Å². The molecule has 0 aromatic heterocycles. The molecule has 1 aliphatic rings. The number of amides is 1. The SMILES string of the molecule is Cc1cc(N2CCC(C(N)=O)CC2)ccc1C(C)C. The molecule has 2 N–H and O–H groups in total. The van der Waals surface area contributed by atoms with E-state index in [0.29, 0.717) is 5.92 Å². The van der Waals surface area contributed by atoms with Gasteiger partial charge in [-0.05, 0) is 48.9 Å². The molecule has 3 heteroatoms. The van der Waals surface area contributed by atoms with Crippen molar-refractivity contribution in [3.63, 3.8) is 0 Å². The second-order valence-electron chi connectivity index (χ2n) is 5.86. The fraction of sp³-hybridized carbons (Fsp3) is 0.562. The average molecular weight is 260 g/mol. The Balaban J connectivity index is 2.08. The van der Waals surface area contributed by atoms with Gasteiger partial charge in [-0.25, -0.2) is 0 Å². The van der Waals surface area contributed by atoms with Crippen molar-refractivity contribution >= 4 is 11.6 Å². The van der Waals surface area contributed by atoms with Gasteiger partial charge in [-0.2, -0.15) is 0 Å². The first kappa shape index (κ1) is 13.9. The highest BCUT2D eigenvalue weighted by Gasteiger charge is 2.23. The first-order chi connectivity index (χ1) is 8.99. The summed E-state index contributed by atoms with van der Waals surface area (Å²) < 4.78 is 0. The molecule has 1 saturated heterocycles. The van der Waals surface area contributed by atoms with Gasteiger partial charge in [0.2, 0.25) is 5.91 Å². The van der Waals surface area contributed by atoms with Crippen molar-refractivity contribution in [2.24, 2.45) is 11.7 Å². The summed E-state index contributed by atoms with van der Waals surface area (Å²) in [6.07, 6.45) is 1.75. The summed E-state index contributed by atoms with van der Waals surface area (Å²) >= 11 is 0. The minimum atomic E-state index is -0.147. The van der Waals surface area contributed by atoms with E-state index in [4.69, 9.17) is 5.73 Å². The number of anilines is 1. The monoisotopic (exact) mass is 260 g/mol. The summed E-state index contributed by atoms with van der Waals surface area (Å²) in [7, 11) is 0. The van der Waals surface area contributed by atoms with Crippen molar-refractivity contribution in [2.45, 2.75) is 39.5 Å². The Morgan fingerprint density at radius 3 is 2.42 bits per heavy atom. The second kappa shape index (κ2) is 5.64. The predicted octanol–water partition coefficient (Wildman–Crippen LogP) is 2.82. The molecular weight excluding hydrogens is 236 g/mol. The molecule has 1 heterocycles. The van der Waals surface area contributed by atoms with Crippen LogP contribution in [0.5, 0.6) is 0 Å². The quantitative estimate of drug-likeness (QED) is 0.908. The molecule has 0 unspecified atom stereocenters. The first-order valence-corrected chi connectivity index (χ1v) is 7.14. The molecule has 19 heavy (non-hydrogen) atoms. The van der Waals surface area contributed by atoms with Gasteiger partial charge in [0.1, 0.15) is 0 Å². The largest absolute Gasteiger partial charge is 0.371 e. The lowest BCUT2D eigenvalue weighted by atomic mass is 9.94. The zero-order valence-corrected chi connectivity index (χ0v) is 12.1. The lowest BCUT2D eigenvalue weighted by Gasteiger charge is -2.32. The standard InChI is InChI=1S/C16H24N2O/c1-11(2)15-5-4-14(10-12(15)3)18-8-6-13(7-9-18)16(17)19/h4-5,10-11,13H,6-9H2,1-3H3,(H2,17,19). The van der Waals surface area contributed by atoms with Gasteiger partial charge >= 0.3 is 0 Å². The van der Waals surface area contributed by atoms with Crippen LogP contribution in [-0.4, -0.2) is 19.0 Å². The van der Waals surface area contributed by atoms with Crippen LogP contribution in [0.3, 0.4) is 0 Å². The van der Waals surface area contributed by atoms with Gasteiger partial charge in [0.15, 0.2) is 0 Å². The topological polar surface area (TPSA) is 46.3 Å². The number of aryl methyl sites for hydroxylation is 1. The smallest absolute Gasteiger partial charge is 0.220 e. The highest BCUT2D eigenvalue weighted by atomic mass is 16.1. The van der Waals surface area contributed by atoms with Gasteiger partial charge in [-0.3, -0.25) is 4.79 Å². The number of primary amides is 1. The van der Waals surface area contributed by atoms with Gasteiger partial charge in [-0.1, -0.05) is 19.9 Å². The first-order valence-electron chi connectivity index (χ1n) is 7.14. The molecule has 2 rings (SSSR count). The number of rotatable bonds is 3. The number of carbonyl (C=O) groups is 1. The third-order valence-corrected chi connectivity index (χ3v) is 4.14. The summed E-state index contributed by atoms with van der Waals surface area (Å²) in [6.45, 7) is 8.47. The zero-order valence-electron chi connectivity index (χ0n) is 12.1. The number of carbonyl (C=O) groups excluding carboxylic acids is 1. The Labute approximate surface area is 115 Å². The van der Waals surface area contributed by atoms with Crippen LogP contribution in [0, 0.1) is 12.8 Å². The van der Waals surface area contributed by atoms with Crippen LogP contribution >= 0.6 is 0 Å². The molecule has 1 aliphatic heterocycles. The van der Waals surface area contributed by atoms with Crippen LogP contribution < -0.4 is 10.6 Å². The van der Waals surface area contributed by atoms with Crippen LogP contribution in [-0.2, 0) is 4.79 Å². The molecule has 0 aliphatic carbocycles. The number of hydrogen-bond donors (Lipinski definition) is 1. The second-order valence-corrected chi connectivity index (χ2v) is 5.86. The Bertz CT molecular complexity index is 460. The van der Waals surface area contributed by atoms with E-state index in [1.165, 1.54) is 16.8 Å². The zero-order chi connectivity index (χ0) is 14.0. The highest BCUT2D eigenvalue weighted by molar-refractivity contribution is 5.77. The van der Waals surface area contributed by atoms with E-state index >= 15 is 0 Å². The van der Waals surface area contributed by atoms with Crippen LogP contribution in [0.2, 0.25) is 0 Å². The molecule has 0 spiro atoms. The number of benzene rings is 1. The van der Waals surface area contributed by atoms with Gasteiger partial charge in [0.25, 0.3) is 0 Å². The van der Waals surface area contributed by atoms with Crippen LogP contribution in [0.4, 0.5) is 5.69 Å². The van der Waals surface area contributed by atoms with Crippen molar-refractivity contribution in [2.75, 3.05) is 18.0 Å². The third-order valence-electron chi connectivity index (χ3n) is 4.14. The molecule has 0 saturated carbocycles. The van der Waals surface area contributed by atoms with Crippen molar-refractivity contribution in [1.29, 1.82) is 0 Å². The Morgan fingerprint density at radius 1 is 1.32 bits per heavy atom. The van der Waals surface area contributed by atoms with Gasteiger partial charge in [0, 0.05) is 24.7 Å². The average Bonchev–Trinajstić information content (AvgIpc) is 2.38. The number of hydrogen-bond acceptors (Lipinski definition) is 2. The van der Waals surface area contributed by atoms with Gasteiger partial charge < -0.3 is 10.6 Å². The lowest BCUT2D eigenvalue weighted by molar-refractivity contribution is -0.122. The molecule has 0 atom stereocenters. The minimum absolute atomic E-state index is 0.0623. The van der Waals surface area contributed by atoms with E-state index in [-0.39, 0.29) is 11.8 Å². The van der Waals surface area contributed by atoms with E-state index in [1.807, 2.05) is 0 Å². The predicted molar refractivity (Wildman–Crippen MR) is 79.4 cm³/mol. The van der Waals surface area contributed by atoms with Crippen LogP contribution in [0.15, 0.2) is 18.2 Å². The van der Waals surface area contributed by atoms with E-state index in [1.54, 1.807) is 0 Å². The number of nitrogens with two attached hydrogens (primary N) is 1. The highest BCUT2D eigenvalue weighted by Crippen LogP contribution is 2.27. The van der Waals surface area contributed by atoms with E-state index in [9.17, 15) is 4.79 Å². The Kier molecular flexibility index (Phi) is 4.13. The fourth-order valence-corrected chi connectivity index (χ4v) is 2.93. The normalized spacial score (nSPS) is 16.9. The molecule has 1 aromatic rings. The summed E-state index contributed by atoms with van der Waals surface area (Å²) in [5, 5.41) is 0. The Hall–Kier alpha value is -1.51. The summed E-state index contributed by atoms with van der Waals surface area (Å²) in [6, 6.07) is 6.70. The van der Waals surface area contributed by atoms with E-state index < -0.39 is 0 Å². The molecule has 104 valence electrons. The maximum atomic E-state index is 11.2. The van der Waals surface area contributed by atoms with Crippen molar-refractivity contribution in [3.05, 3.63) is 29.3 Å². The van der Waals surface area contributed by atoms with Gasteiger partial charge in [-0.15, -0.1) is 0 Å². The molecular formula is C16H24N2O. The molecule has 0 bridgehead atoms. The van der Waals surface area contributed by atoms with Crippen molar-refractivity contribution in [1.82, 2.24) is 0 Å². The molecule has 3 nitrogen and oxygen atoms in total. The van der Waals surface area contributed by atoms with Crippen LogP contribution in [0.1, 0.15) is 43.7 Å². The van der Waals surface area contributed by atoms with E-state index in [2.05, 4.69) is 43.9 Å². The summed E-state index contributed by atoms with van der Waals surface area (Å²) in [5.74, 6) is 0.480. The molecule has 1 aromatic carbocycles. The fourth-order valence-electron chi connectivity index (χ4n) is 2.93. The maximum Gasteiger partial charge on any atom is 0.220 e. The van der Waals surface area contributed by atoms with Crippen molar-refractivity contribution in [3.8, 4) is 0 Å². The summed E-state index contributed by atoms with van der Waals surface area (Å²) in [5.41, 5.74) is 9.40. The number of piperidine rings is 1. The van der Waals surface area contributed by atoms with Gasteiger partial charge in [0.05, 0.1) is 0 Å². The van der Waals surface area contributed by atoms with E-state index in [0.717, 1.165) is 25.9 Å². The molecule has 1 amide bonds. The third kappa shape index (κ3) is 3.09. The Morgan fingerprint density at radius 2 is 1.95 bits per heavy atom. The minimum Gasteiger partial charge on any atom is -0.371 e. The maximum absolute atomic E-state index is 11.2. The lowest BCUT2D eigenvalue weighted by Crippen LogP contribution is -2.38. The summed E-state index contributed by atoms with van der Waals surface area (Å²) in [4.78, 5) is 13.5. The molecule has 0 radical (unpaired) electrons. The number of nitrogens with zero attached hydrogens (tertiary/aromatic N) is 1.